The summed E-state index contributed by atoms with van der Waals surface area (Å²) < 4.78 is 31.8. The molecule has 1 unspecified atom stereocenters. The van der Waals surface area contributed by atoms with Crippen LogP contribution in [0.1, 0.15) is 38.7 Å². The molecule has 1 atom stereocenters. The lowest BCUT2D eigenvalue weighted by Crippen LogP contribution is -2.34. The zero-order valence-corrected chi connectivity index (χ0v) is 12.8. The van der Waals surface area contributed by atoms with E-state index < -0.39 is 10.0 Å². The Balaban J connectivity index is 3.09. The summed E-state index contributed by atoms with van der Waals surface area (Å²) in [5, 5.41) is 9.02. The number of furan rings is 1. The van der Waals surface area contributed by atoms with E-state index in [0.717, 1.165) is 6.42 Å². The van der Waals surface area contributed by atoms with Gasteiger partial charge in [0.15, 0.2) is 0 Å². The van der Waals surface area contributed by atoms with E-state index in [-0.39, 0.29) is 17.3 Å². The Labute approximate surface area is 115 Å². The number of aliphatic hydroxyl groups excluding tert-OH is 1. The molecule has 110 valence electrons. The molecule has 5 nitrogen and oxygen atoms in total. The number of hydrogen-bond donors (Lipinski definition) is 1. The third-order valence-corrected chi connectivity index (χ3v) is 5.31. The lowest BCUT2D eigenvalue weighted by Gasteiger charge is -2.23. The zero-order valence-electron chi connectivity index (χ0n) is 12.0. The van der Waals surface area contributed by atoms with E-state index in [1.165, 1.54) is 10.4 Å². The number of rotatable bonds is 7. The molecule has 0 aliphatic carbocycles. The van der Waals surface area contributed by atoms with Crippen LogP contribution in [0, 0.1) is 12.8 Å². The van der Waals surface area contributed by atoms with Gasteiger partial charge in [-0.2, -0.15) is 4.31 Å². The van der Waals surface area contributed by atoms with Gasteiger partial charge in [-0.3, -0.25) is 0 Å². The maximum absolute atomic E-state index is 12.5. The summed E-state index contributed by atoms with van der Waals surface area (Å²) in [6, 6.07) is 1.41. The number of aryl methyl sites for hydroxylation is 1. The van der Waals surface area contributed by atoms with Gasteiger partial charge in [-0.1, -0.05) is 27.2 Å². The average Bonchev–Trinajstić information content (AvgIpc) is 2.77. The highest BCUT2D eigenvalue weighted by Gasteiger charge is 2.28. The van der Waals surface area contributed by atoms with Crippen LogP contribution in [0.3, 0.4) is 0 Å². The molecule has 0 radical (unpaired) electrons. The molecular weight excluding hydrogens is 266 g/mol. The van der Waals surface area contributed by atoms with Crippen molar-refractivity contribution >= 4 is 10.0 Å². The van der Waals surface area contributed by atoms with Gasteiger partial charge in [-0.15, -0.1) is 0 Å². The second kappa shape index (κ2) is 6.54. The summed E-state index contributed by atoms with van der Waals surface area (Å²) in [5.74, 6) is 0.904. The summed E-state index contributed by atoms with van der Waals surface area (Å²) in [6.45, 7) is 8.11. The van der Waals surface area contributed by atoms with Crippen LogP contribution in [0.2, 0.25) is 0 Å². The average molecular weight is 289 g/mol. The summed E-state index contributed by atoms with van der Waals surface area (Å²) in [4.78, 5) is 0.154. The Morgan fingerprint density at radius 3 is 2.47 bits per heavy atom. The van der Waals surface area contributed by atoms with Gasteiger partial charge >= 0.3 is 0 Å². The first-order chi connectivity index (χ1) is 8.86. The lowest BCUT2D eigenvalue weighted by atomic mass is 10.1. The van der Waals surface area contributed by atoms with Crippen molar-refractivity contribution in [3.05, 3.63) is 17.6 Å². The monoisotopic (exact) mass is 289 g/mol. The molecule has 1 N–H and O–H groups in total. The molecule has 1 rings (SSSR count). The molecule has 0 bridgehead atoms. The van der Waals surface area contributed by atoms with E-state index in [9.17, 15) is 8.42 Å². The van der Waals surface area contributed by atoms with E-state index in [4.69, 9.17) is 9.52 Å². The second-order valence-electron chi connectivity index (χ2n) is 4.76. The van der Waals surface area contributed by atoms with Crippen LogP contribution >= 0.6 is 0 Å². The molecule has 6 heteroatoms. The van der Waals surface area contributed by atoms with E-state index in [0.29, 0.717) is 24.8 Å². The zero-order chi connectivity index (χ0) is 14.6. The van der Waals surface area contributed by atoms with E-state index in [2.05, 4.69) is 0 Å². The molecule has 1 heterocycles. The highest BCUT2D eigenvalue weighted by atomic mass is 32.2. The predicted molar refractivity (Wildman–Crippen MR) is 73.3 cm³/mol. The third-order valence-electron chi connectivity index (χ3n) is 3.26. The molecule has 0 aromatic carbocycles. The first-order valence-corrected chi connectivity index (χ1v) is 8.01. The number of nitrogens with zero attached hydrogens (tertiary/aromatic N) is 1. The quantitative estimate of drug-likeness (QED) is 0.835. The molecule has 0 saturated heterocycles. The van der Waals surface area contributed by atoms with Crippen LogP contribution in [0.25, 0.3) is 0 Å². The molecule has 19 heavy (non-hydrogen) atoms. The molecule has 0 spiro atoms. The standard InChI is InChI=1S/C13H23NO4S/c1-5-10(3)8-14(6-2)19(16,17)13-7-12(9-15)18-11(13)4/h7,10,15H,5-6,8-9H2,1-4H3. The normalized spacial score (nSPS) is 14.0. The fourth-order valence-corrected chi connectivity index (χ4v) is 3.63. The van der Waals surface area contributed by atoms with Crippen LogP contribution in [0.5, 0.6) is 0 Å². The molecule has 1 aromatic rings. The third kappa shape index (κ3) is 3.58. The molecular formula is C13H23NO4S. The van der Waals surface area contributed by atoms with Gasteiger partial charge in [0.2, 0.25) is 10.0 Å². The maximum atomic E-state index is 12.5. The van der Waals surface area contributed by atoms with Gasteiger partial charge in [0.05, 0.1) is 0 Å². The van der Waals surface area contributed by atoms with Crippen molar-refractivity contribution in [3.63, 3.8) is 0 Å². The Morgan fingerprint density at radius 2 is 2.05 bits per heavy atom. The smallest absolute Gasteiger partial charge is 0.246 e. The maximum Gasteiger partial charge on any atom is 0.246 e. The van der Waals surface area contributed by atoms with Crippen molar-refractivity contribution in [1.29, 1.82) is 0 Å². The molecule has 0 amide bonds. The minimum atomic E-state index is -3.55. The van der Waals surface area contributed by atoms with Gasteiger partial charge in [-0.25, -0.2) is 8.42 Å². The van der Waals surface area contributed by atoms with Gasteiger partial charge in [0, 0.05) is 19.2 Å². The summed E-state index contributed by atoms with van der Waals surface area (Å²) >= 11 is 0. The highest BCUT2D eigenvalue weighted by Crippen LogP contribution is 2.24. The van der Waals surface area contributed by atoms with Crippen LogP contribution in [0.4, 0.5) is 0 Å². The fourth-order valence-electron chi connectivity index (χ4n) is 1.87. The SMILES string of the molecule is CCC(C)CN(CC)S(=O)(=O)c1cc(CO)oc1C. The lowest BCUT2D eigenvalue weighted by molar-refractivity contribution is 0.244. The topological polar surface area (TPSA) is 70.8 Å². The first-order valence-electron chi connectivity index (χ1n) is 6.57. The number of sulfonamides is 1. The molecule has 0 aliphatic heterocycles. The van der Waals surface area contributed by atoms with Crippen LogP contribution < -0.4 is 0 Å². The van der Waals surface area contributed by atoms with E-state index in [1.807, 2.05) is 20.8 Å². The molecule has 0 saturated carbocycles. The van der Waals surface area contributed by atoms with Gasteiger partial charge < -0.3 is 9.52 Å². The van der Waals surface area contributed by atoms with Crippen molar-refractivity contribution in [2.24, 2.45) is 5.92 Å². The van der Waals surface area contributed by atoms with Gasteiger partial charge in [-0.05, 0) is 12.8 Å². The first kappa shape index (κ1) is 16.2. The van der Waals surface area contributed by atoms with Crippen LogP contribution in [-0.4, -0.2) is 30.9 Å². The molecule has 0 fully saturated rings. The van der Waals surface area contributed by atoms with Gasteiger partial charge in [0.25, 0.3) is 0 Å². The van der Waals surface area contributed by atoms with Gasteiger partial charge in [0.1, 0.15) is 23.0 Å². The largest absolute Gasteiger partial charge is 0.462 e. The summed E-state index contributed by atoms with van der Waals surface area (Å²) in [6.07, 6.45) is 0.929. The fraction of sp³-hybridized carbons (Fsp3) is 0.692. The number of aliphatic hydroxyl groups is 1. The minimum absolute atomic E-state index is 0.154. The summed E-state index contributed by atoms with van der Waals surface area (Å²) in [7, 11) is -3.55. The van der Waals surface area contributed by atoms with Crippen molar-refractivity contribution < 1.29 is 17.9 Å². The van der Waals surface area contributed by atoms with Crippen molar-refractivity contribution in [1.82, 2.24) is 4.31 Å². The highest BCUT2D eigenvalue weighted by molar-refractivity contribution is 7.89. The van der Waals surface area contributed by atoms with Crippen LogP contribution in [-0.2, 0) is 16.6 Å². The minimum Gasteiger partial charge on any atom is -0.462 e. The molecule has 0 aliphatic rings. The van der Waals surface area contributed by atoms with Crippen molar-refractivity contribution in [2.45, 2.75) is 45.6 Å². The van der Waals surface area contributed by atoms with Crippen molar-refractivity contribution in [3.8, 4) is 0 Å². The summed E-state index contributed by atoms with van der Waals surface area (Å²) in [5.41, 5.74) is 0. The second-order valence-corrected chi connectivity index (χ2v) is 6.67. The van der Waals surface area contributed by atoms with E-state index >= 15 is 0 Å². The predicted octanol–water partition coefficient (Wildman–Crippen LogP) is 2.14. The molecule has 1 aromatic heterocycles. The Hall–Kier alpha value is -0.850. The Bertz CT molecular complexity index is 507. The van der Waals surface area contributed by atoms with Crippen LogP contribution in [0.15, 0.2) is 15.4 Å². The van der Waals surface area contributed by atoms with Crippen molar-refractivity contribution in [2.75, 3.05) is 13.1 Å². The Morgan fingerprint density at radius 1 is 1.42 bits per heavy atom. The Kier molecular flexibility index (Phi) is 5.58. The number of hydrogen-bond acceptors (Lipinski definition) is 4. The van der Waals surface area contributed by atoms with E-state index in [1.54, 1.807) is 6.92 Å².